The van der Waals surface area contributed by atoms with E-state index < -0.39 is 0 Å². The molecule has 2 rings (SSSR count). The Kier molecular flexibility index (Phi) is 3.39. The van der Waals surface area contributed by atoms with Crippen LogP contribution in [-0.2, 0) is 19.5 Å². The number of fused-ring (bicyclic) bond motifs is 1. The van der Waals surface area contributed by atoms with Gasteiger partial charge in [0.1, 0.15) is 0 Å². The predicted molar refractivity (Wildman–Crippen MR) is 63.8 cm³/mol. The van der Waals surface area contributed by atoms with E-state index in [2.05, 4.69) is 42.7 Å². The molecule has 0 bridgehead atoms. The molecule has 1 aliphatic rings. The van der Waals surface area contributed by atoms with E-state index in [0.717, 1.165) is 19.6 Å². The van der Waals surface area contributed by atoms with Crippen LogP contribution in [0.15, 0.2) is 18.2 Å². The third kappa shape index (κ3) is 2.80. The van der Waals surface area contributed by atoms with E-state index >= 15 is 0 Å². The van der Waals surface area contributed by atoms with Crippen LogP contribution in [0.25, 0.3) is 0 Å². The molecule has 0 fully saturated rings. The summed E-state index contributed by atoms with van der Waals surface area (Å²) >= 11 is 0. The van der Waals surface area contributed by atoms with E-state index in [1.54, 1.807) is 0 Å². The molecule has 0 saturated carbocycles. The molecule has 0 amide bonds. The van der Waals surface area contributed by atoms with E-state index in [9.17, 15) is 0 Å². The van der Waals surface area contributed by atoms with E-state index in [1.165, 1.54) is 23.1 Å². The molecule has 0 saturated heterocycles. The molecule has 0 spiro atoms. The first kappa shape index (κ1) is 10.7. The number of hydrogen-bond acceptors (Lipinski definition) is 2. The van der Waals surface area contributed by atoms with Gasteiger partial charge in [-0.3, -0.25) is 0 Å². The summed E-state index contributed by atoms with van der Waals surface area (Å²) in [4.78, 5) is 0. The van der Waals surface area contributed by atoms with Crippen LogP contribution in [0, 0.1) is 0 Å². The van der Waals surface area contributed by atoms with Crippen molar-refractivity contribution in [3.05, 3.63) is 34.9 Å². The molecule has 82 valence electrons. The summed E-state index contributed by atoms with van der Waals surface area (Å²) in [5.74, 6) is 0. The van der Waals surface area contributed by atoms with Crippen LogP contribution >= 0.6 is 0 Å². The smallest absolute Gasteiger partial charge is 0.0208 e. The van der Waals surface area contributed by atoms with Crippen molar-refractivity contribution < 1.29 is 0 Å². The molecule has 1 heterocycles. The van der Waals surface area contributed by atoms with Crippen molar-refractivity contribution in [1.29, 1.82) is 0 Å². The Morgan fingerprint density at radius 3 is 3.00 bits per heavy atom. The second-order valence-corrected chi connectivity index (χ2v) is 4.57. The zero-order valence-electron chi connectivity index (χ0n) is 9.64. The van der Waals surface area contributed by atoms with Crippen LogP contribution < -0.4 is 10.6 Å². The van der Waals surface area contributed by atoms with Gasteiger partial charge in [-0.25, -0.2) is 0 Å². The molecule has 0 atom stereocenters. The zero-order chi connectivity index (χ0) is 10.7. The first-order valence-corrected chi connectivity index (χ1v) is 5.80. The van der Waals surface area contributed by atoms with Crippen molar-refractivity contribution in [3.8, 4) is 0 Å². The molecule has 2 nitrogen and oxygen atoms in total. The molecule has 15 heavy (non-hydrogen) atoms. The van der Waals surface area contributed by atoms with Gasteiger partial charge in [-0.05, 0) is 29.7 Å². The molecular weight excluding hydrogens is 184 g/mol. The van der Waals surface area contributed by atoms with E-state index in [-0.39, 0.29) is 0 Å². The largest absolute Gasteiger partial charge is 0.312 e. The van der Waals surface area contributed by atoms with Crippen molar-refractivity contribution in [2.75, 3.05) is 6.54 Å². The minimum atomic E-state index is 0.555. The molecule has 0 radical (unpaired) electrons. The van der Waals surface area contributed by atoms with Crippen molar-refractivity contribution in [1.82, 2.24) is 10.6 Å². The van der Waals surface area contributed by atoms with Crippen LogP contribution in [-0.4, -0.2) is 12.6 Å². The fourth-order valence-corrected chi connectivity index (χ4v) is 1.97. The second kappa shape index (κ2) is 4.77. The van der Waals surface area contributed by atoms with E-state index in [4.69, 9.17) is 0 Å². The van der Waals surface area contributed by atoms with Gasteiger partial charge in [0, 0.05) is 19.1 Å². The van der Waals surface area contributed by atoms with Crippen molar-refractivity contribution in [2.24, 2.45) is 0 Å². The van der Waals surface area contributed by atoms with E-state index in [0.29, 0.717) is 6.04 Å². The van der Waals surface area contributed by atoms with Crippen LogP contribution in [0.4, 0.5) is 0 Å². The fraction of sp³-hybridized carbons (Fsp3) is 0.538. The lowest BCUT2D eigenvalue weighted by atomic mass is 9.98. The van der Waals surface area contributed by atoms with E-state index in [1.807, 2.05) is 0 Å². The van der Waals surface area contributed by atoms with Gasteiger partial charge in [-0.2, -0.15) is 0 Å². The standard InChI is InChI=1S/C13H20N2/c1-10(2)15-8-11-3-4-12-5-6-14-9-13(12)7-11/h3-4,7,10,14-15H,5-6,8-9H2,1-2H3. The Morgan fingerprint density at radius 2 is 2.20 bits per heavy atom. The lowest BCUT2D eigenvalue weighted by Gasteiger charge is -2.18. The fourth-order valence-electron chi connectivity index (χ4n) is 1.97. The molecule has 0 unspecified atom stereocenters. The Balaban J connectivity index is 2.07. The minimum absolute atomic E-state index is 0.555. The third-order valence-corrected chi connectivity index (χ3v) is 2.87. The zero-order valence-corrected chi connectivity index (χ0v) is 9.64. The monoisotopic (exact) mass is 204 g/mol. The molecule has 2 N–H and O–H groups in total. The lowest BCUT2D eigenvalue weighted by Crippen LogP contribution is -2.25. The summed E-state index contributed by atoms with van der Waals surface area (Å²) in [6.07, 6.45) is 1.17. The summed E-state index contributed by atoms with van der Waals surface area (Å²) in [5, 5.41) is 6.86. The topological polar surface area (TPSA) is 24.1 Å². The van der Waals surface area contributed by atoms with Gasteiger partial charge < -0.3 is 10.6 Å². The van der Waals surface area contributed by atoms with Crippen LogP contribution in [0.5, 0.6) is 0 Å². The molecule has 1 aromatic rings. The first-order chi connectivity index (χ1) is 7.25. The molecule has 0 aliphatic carbocycles. The molecule has 2 heteroatoms. The van der Waals surface area contributed by atoms with Gasteiger partial charge in [0.15, 0.2) is 0 Å². The van der Waals surface area contributed by atoms with Crippen molar-refractivity contribution >= 4 is 0 Å². The highest BCUT2D eigenvalue weighted by Crippen LogP contribution is 2.15. The maximum Gasteiger partial charge on any atom is 0.0208 e. The molecular formula is C13H20N2. The summed E-state index contributed by atoms with van der Waals surface area (Å²) in [6, 6.07) is 7.42. The summed E-state index contributed by atoms with van der Waals surface area (Å²) in [6.45, 7) is 7.49. The summed E-state index contributed by atoms with van der Waals surface area (Å²) < 4.78 is 0. The van der Waals surface area contributed by atoms with Gasteiger partial charge in [-0.1, -0.05) is 32.0 Å². The Labute approximate surface area is 92.1 Å². The molecule has 1 aliphatic heterocycles. The lowest BCUT2D eigenvalue weighted by molar-refractivity contribution is 0.586. The normalized spacial score (nSPS) is 15.4. The van der Waals surface area contributed by atoms with Gasteiger partial charge in [0.25, 0.3) is 0 Å². The summed E-state index contributed by atoms with van der Waals surface area (Å²) in [5.41, 5.74) is 4.39. The quantitative estimate of drug-likeness (QED) is 0.785. The first-order valence-electron chi connectivity index (χ1n) is 5.80. The van der Waals surface area contributed by atoms with Gasteiger partial charge in [-0.15, -0.1) is 0 Å². The van der Waals surface area contributed by atoms with Gasteiger partial charge >= 0.3 is 0 Å². The van der Waals surface area contributed by atoms with Crippen LogP contribution in [0.2, 0.25) is 0 Å². The van der Waals surface area contributed by atoms with Gasteiger partial charge in [0.2, 0.25) is 0 Å². The Bertz CT molecular complexity index is 331. The summed E-state index contributed by atoms with van der Waals surface area (Å²) in [7, 11) is 0. The van der Waals surface area contributed by atoms with Crippen LogP contribution in [0.3, 0.4) is 0 Å². The highest BCUT2D eigenvalue weighted by molar-refractivity contribution is 5.33. The van der Waals surface area contributed by atoms with Crippen molar-refractivity contribution in [3.63, 3.8) is 0 Å². The van der Waals surface area contributed by atoms with Crippen molar-refractivity contribution in [2.45, 2.75) is 39.4 Å². The number of nitrogens with one attached hydrogen (secondary N) is 2. The Morgan fingerprint density at radius 1 is 1.33 bits per heavy atom. The molecule has 0 aromatic heterocycles. The maximum atomic E-state index is 3.45. The highest BCUT2D eigenvalue weighted by Gasteiger charge is 2.08. The predicted octanol–water partition coefficient (Wildman–Crippen LogP) is 1.83. The van der Waals surface area contributed by atoms with Crippen LogP contribution in [0.1, 0.15) is 30.5 Å². The molecule has 1 aromatic carbocycles. The minimum Gasteiger partial charge on any atom is -0.312 e. The number of benzene rings is 1. The maximum absolute atomic E-state index is 3.45. The SMILES string of the molecule is CC(C)NCc1ccc2c(c1)CNCC2. The number of rotatable bonds is 3. The third-order valence-electron chi connectivity index (χ3n) is 2.87. The Hall–Kier alpha value is -0.860. The second-order valence-electron chi connectivity index (χ2n) is 4.57. The average molecular weight is 204 g/mol. The average Bonchev–Trinajstić information content (AvgIpc) is 2.26. The van der Waals surface area contributed by atoms with Gasteiger partial charge in [0.05, 0.1) is 0 Å². The highest BCUT2D eigenvalue weighted by atomic mass is 14.9. The number of hydrogen-bond donors (Lipinski definition) is 2.